The van der Waals surface area contributed by atoms with E-state index in [1.54, 1.807) is 22.7 Å². The molecule has 3 N–H and O–H groups in total. The molecule has 0 radical (unpaired) electrons. The number of piperidine rings is 1. The number of nitrogens with zero attached hydrogens (tertiary/aromatic N) is 3. The molecule has 1 saturated heterocycles. The second-order valence-electron chi connectivity index (χ2n) is 7.90. The fraction of sp³-hybridized carbons (Fsp3) is 0.619. The van der Waals surface area contributed by atoms with E-state index in [-0.39, 0.29) is 0 Å². The molecule has 3 heterocycles. The highest BCUT2D eigenvalue weighted by atomic mass is 32.1. The second kappa shape index (κ2) is 10.5. The summed E-state index contributed by atoms with van der Waals surface area (Å²) in [6.07, 6.45) is 2.37. The molecule has 3 rings (SSSR count). The summed E-state index contributed by atoms with van der Waals surface area (Å²) in [7, 11) is 0. The first kappa shape index (κ1) is 22.2. The van der Waals surface area contributed by atoms with Crippen molar-refractivity contribution in [2.24, 2.45) is 10.9 Å². The van der Waals surface area contributed by atoms with Crippen LogP contribution in [0.25, 0.3) is 0 Å². The summed E-state index contributed by atoms with van der Waals surface area (Å²) in [5.74, 6) is 1.43. The fourth-order valence-corrected chi connectivity index (χ4v) is 4.92. The molecule has 1 aliphatic rings. The Morgan fingerprint density at radius 3 is 2.76 bits per heavy atom. The molecule has 1 atom stereocenters. The number of guanidine groups is 1. The quantitative estimate of drug-likeness (QED) is 0.439. The Balaban J connectivity index is 1.44. The number of aliphatic hydroxyl groups is 1. The predicted molar refractivity (Wildman–Crippen MR) is 123 cm³/mol. The van der Waals surface area contributed by atoms with Crippen LogP contribution in [-0.2, 0) is 12.1 Å². The number of thiazole rings is 1. The van der Waals surface area contributed by atoms with E-state index >= 15 is 0 Å². The Morgan fingerprint density at radius 1 is 1.34 bits per heavy atom. The van der Waals surface area contributed by atoms with Crippen molar-refractivity contribution in [2.45, 2.75) is 45.8 Å². The van der Waals surface area contributed by atoms with Crippen LogP contribution >= 0.6 is 22.7 Å². The summed E-state index contributed by atoms with van der Waals surface area (Å²) in [5, 5.41) is 22.8. The standard InChI is InChI=1S/C21H33N5OS2/c1-4-22-20(24-15-21(3,27)19-6-5-11-28-19)23-12-17-7-9-26(10-8-17)13-18-14-29-16(2)25-18/h5-6,11,14,17,27H,4,7-10,12-13,15H2,1-3H3,(H2,22,23,24). The third-order valence-electron chi connectivity index (χ3n) is 5.26. The van der Waals surface area contributed by atoms with E-state index in [0.717, 1.165) is 48.6 Å². The topological polar surface area (TPSA) is 72.8 Å². The molecule has 1 unspecified atom stereocenters. The number of hydrogen-bond donors (Lipinski definition) is 3. The number of aryl methyl sites for hydroxylation is 1. The van der Waals surface area contributed by atoms with E-state index in [9.17, 15) is 5.11 Å². The Bertz CT molecular complexity index is 764. The molecule has 0 spiro atoms. The van der Waals surface area contributed by atoms with E-state index in [1.165, 1.54) is 18.5 Å². The lowest BCUT2D eigenvalue weighted by Gasteiger charge is -2.31. The lowest BCUT2D eigenvalue weighted by atomic mass is 9.97. The largest absolute Gasteiger partial charge is 0.383 e. The SMILES string of the molecule is CCNC(=NCC(C)(O)c1cccs1)NCC1CCN(Cc2csc(C)n2)CC1. The van der Waals surface area contributed by atoms with Gasteiger partial charge in [-0.25, -0.2) is 9.98 Å². The highest BCUT2D eigenvalue weighted by molar-refractivity contribution is 7.10. The normalized spacial score (nSPS) is 18.6. The van der Waals surface area contributed by atoms with Gasteiger partial charge in [-0.15, -0.1) is 22.7 Å². The van der Waals surface area contributed by atoms with Crippen molar-refractivity contribution in [3.8, 4) is 0 Å². The van der Waals surface area contributed by atoms with E-state index < -0.39 is 5.60 Å². The highest BCUT2D eigenvalue weighted by Crippen LogP contribution is 2.25. The van der Waals surface area contributed by atoms with Gasteiger partial charge in [-0.1, -0.05) is 6.07 Å². The summed E-state index contributed by atoms with van der Waals surface area (Å²) in [6, 6.07) is 3.92. The Hall–Kier alpha value is -1.48. The monoisotopic (exact) mass is 435 g/mol. The number of aliphatic imine (C=N–C) groups is 1. The van der Waals surface area contributed by atoms with Gasteiger partial charge in [-0.3, -0.25) is 4.90 Å². The first-order chi connectivity index (χ1) is 14.0. The number of nitrogens with one attached hydrogen (secondary N) is 2. The number of rotatable bonds is 8. The second-order valence-corrected chi connectivity index (χ2v) is 9.91. The maximum atomic E-state index is 10.7. The van der Waals surface area contributed by atoms with Gasteiger partial charge in [0.05, 0.1) is 17.2 Å². The van der Waals surface area contributed by atoms with Crippen molar-refractivity contribution in [2.75, 3.05) is 32.7 Å². The van der Waals surface area contributed by atoms with Crippen LogP contribution in [0.2, 0.25) is 0 Å². The molecule has 0 amide bonds. The van der Waals surface area contributed by atoms with Crippen molar-refractivity contribution < 1.29 is 5.11 Å². The third kappa shape index (κ3) is 6.77. The maximum Gasteiger partial charge on any atom is 0.191 e. The molecular weight excluding hydrogens is 402 g/mol. The van der Waals surface area contributed by atoms with Crippen molar-refractivity contribution in [3.63, 3.8) is 0 Å². The molecule has 8 heteroatoms. The summed E-state index contributed by atoms with van der Waals surface area (Å²) >= 11 is 3.29. The molecule has 0 saturated carbocycles. The van der Waals surface area contributed by atoms with Gasteiger partial charge in [0.2, 0.25) is 0 Å². The molecule has 2 aromatic rings. The minimum absolute atomic E-state index is 0.342. The van der Waals surface area contributed by atoms with E-state index in [2.05, 4.69) is 44.7 Å². The van der Waals surface area contributed by atoms with Crippen LogP contribution in [0.1, 0.15) is 42.3 Å². The highest BCUT2D eigenvalue weighted by Gasteiger charge is 2.24. The molecule has 2 aromatic heterocycles. The van der Waals surface area contributed by atoms with Crippen LogP contribution in [0.15, 0.2) is 27.9 Å². The average molecular weight is 436 g/mol. The Labute approximate surface area is 182 Å². The van der Waals surface area contributed by atoms with Gasteiger partial charge in [0, 0.05) is 29.9 Å². The number of likely N-dealkylation sites (tertiary alicyclic amines) is 1. The zero-order chi connectivity index (χ0) is 20.7. The van der Waals surface area contributed by atoms with Crippen LogP contribution in [0.5, 0.6) is 0 Å². The third-order valence-corrected chi connectivity index (χ3v) is 7.20. The van der Waals surface area contributed by atoms with Crippen LogP contribution in [0, 0.1) is 12.8 Å². The van der Waals surface area contributed by atoms with Crippen molar-refractivity contribution >= 4 is 28.6 Å². The van der Waals surface area contributed by atoms with Gasteiger partial charge >= 0.3 is 0 Å². The summed E-state index contributed by atoms with van der Waals surface area (Å²) in [5.41, 5.74) is 0.263. The first-order valence-electron chi connectivity index (χ1n) is 10.4. The van der Waals surface area contributed by atoms with Gasteiger partial charge in [0.15, 0.2) is 5.96 Å². The van der Waals surface area contributed by atoms with Crippen LogP contribution < -0.4 is 10.6 Å². The molecule has 0 aliphatic carbocycles. The smallest absolute Gasteiger partial charge is 0.191 e. The molecule has 1 aliphatic heterocycles. The molecule has 0 aromatic carbocycles. The lowest BCUT2D eigenvalue weighted by Crippen LogP contribution is -2.43. The number of hydrogen-bond acceptors (Lipinski definition) is 6. The van der Waals surface area contributed by atoms with Gasteiger partial charge in [0.1, 0.15) is 5.60 Å². The van der Waals surface area contributed by atoms with Gasteiger partial charge in [0.25, 0.3) is 0 Å². The fourth-order valence-electron chi connectivity index (χ4n) is 3.54. The average Bonchev–Trinajstić information content (AvgIpc) is 3.38. The summed E-state index contributed by atoms with van der Waals surface area (Å²) < 4.78 is 0. The van der Waals surface area contributed by atoms with Crippen LogP contribution in [0.3, 0.4) is 0 Å². The van der Waals surface area contributed by atoms with Gasteiger partial charge < -0.3 is 15.7 Å². The summed E-state index contributed by atoms with van der Waals surface area (Å²) in [4.78, 5) is 12.7. The van der Waals surface area contributed by atoms with E-state index in [0.29, 0.717) is 12.5 Å². The van der Waals surface area contributed by atoms with Crippen LogP contribution in [-0.4, -0.2) is 53.7 Å². The Kier molecular flexibility index (Phi) is 8.06. The zero-order valence-corrected chi connectivity index (χ0v) is 19.3. The Morgan fingerprint density at radius 2 is 2.14 bits per heavy atom. The van der Waals surface area contributed by atoms with Crippen LogP contribution in [0.4, 0.5) is 0 Å². The van der Waals surface area contributed by atoms with Crippen molar-refractivity contribution in [1.29, 1.82) is 0 Å². The molecule has 1 fully saturated rings. The molecule has 6 nitrogen and oxygen atoms in total. The number of aromatic nitrogens is 1. The van der Waals surface area contributed by atoms with Gasteiger partial charge in [-0.05, 0) is 64.1 Å². The first-order valence-corrected chi connectivity index (χ1v) is 12.1. The van der Waals surface area contributed by atoms with Crippen molar-refractivity contribution in [3.05, 3.63) is 38.5 Å². The van der Waals surface area contributed by atoms with Gasteiger partial charge in [-0.2, -0.15) is 0 Å². The van der Waals surface area contributed by atoms with E-state index in [4.69, 9.17) is 0 Å². The summed E-state index contributed by atoms with van der Waals surface area (Å²) in [6.45, 7) is 11.2. The predicted octanol–water partition coefficient (Wildman–Crippen LogP) is 3.19. The molecule has 29 heavy (non-hydrogen) atoms. The van der Waals surface area contributed by atoms with Crippen molar-refractivity contribution in [1.82, 2.24) is 20.5 Å². The minimum Gasteiger partial charge on any atom is -0.383 e. The minimum atomic E-state index is -0.935. The zero-order valence-electron chi connectivity index (χ0n) is 17.6. The molecule has 160 valence electrons. The maximum absolute atomic E-state index is 10.7. The molecular formula is C21H33N5OS2. The molecule has 0 bridgehead atoms. The number of thiophene rings is 1. The van der Waals surface area contributed by atoms with E-state index in [1.807, 2.05) is 24.4 Å². The lowest BCUT2D eigenvalue weighted by molar-refractivity contribution is 0.0711.